The molecule has 2 aromatic heterocycles. The van der Waals surface area contributed by atoms with Crippen LogP contribution in [0, 0.1) is 12.7 Å². The van der Waals surface area contributed by atoms with E-state index < -0.39 is 0 Å². The van der Waals surface area contributed by atoms with E-state index in [9.17, 15) is 14.0 Å². The number of hydrogen-bond donors (Lipinski definition) is 0. The van der Waals surface area contributed by atoms with Crippen LogP contribution in [0.2, 0.25) is 0 Å². The number of aryl methyl sites for hydroxylation is 1. The molecule has 5 rings (SSSR count). The molecule has 3 heterocycles. The number of carbonyl (C=O) groups is 2. The van der Waals surface area contributed by atoms with Gasteiger partial charge in [-0.05, 0) is 44.2 Å². The summed E-state index contributed by atoms with van der Waals surface area (Å²) in [4.78, 5) is 33.7. The first kappa shape index (κ1) is 20.9. The normalized spacial score (nSPS) is 16.4. The van der Waals surface area contributed by atoms with Crippen molar-refractivity contribution in [3.05, 3.63) is 77.8 Å². The van der Waals surface area contributed by atoms with Gasteiger partial charge >= 0.3 is 0 Å². The van der Waals surface area contributed by atoms with E-state index in [1.165, 1.54) is 24.5 Å². The van der Waals surface area contributed by atoms with E-state index in [1.54, 1.807) is 21.4 Å². The minimum atomic E-state index is -0.380. The summed E-state index contributed by atoms with van der Waals surface area (Å²) < 4.78 is 20.9. The van der Waals surface area contributed by atoms with E-state index in [2.05, 4.69) is 10.1 Å². The van der Waals surface area contributed by atoms with Gasteiger partial charge in [0.2, 0.25) is 5.82 Å². The van der Waals surface area contributed by atoms with Crippen LogP contribution in [0.4, 0.5) is 4.39 Å². The second-order valence-corrected chi connectivity index (χ2v) is 8.14. The Kier molecular flexibility index (Phi) is 5.16. The first-order valence-corrected chi connectivity index (χ1v) is 10.7. The molecule has 2 amide bonds. The molecule has 4 aromatic rings. The van der Waals surface area contributed by atoms with Crippen LogP contribution in [0.3, 0.4) is 0 Å². The highest BCUT2D eigenvalue weighted by atomic mass is 19.1. The van der Waals surface area contributed by atoms with Crippen molar-refractivity contribution >= 4 is 22.8 Å². The van der Waals surface area contributed by atoms with Crippen molar-refractivity contribution in [1.29, 1.82) is 0 Å². The Morgan fingerprint density at radius 2 is 1.88 bits per heavy atom. The van der Waals surface area contributed by atoms with Gasteiger partial charge in [-0.3, -0.25) is 9.59 Å². The van der Waals surface area contributed by atoms with Gasteiger partial charge in [-0.2, -0.15) is 0 Å². The average molecular weight is 447 g/mol. The zero-order valence-electron chi connectivity index (χ0n) is 18.2. The van der Waals surface area contributed by atoms with E-state index in [4.69, 9.17) is 4.42 Å². The zero-order valence-corrected chi connectivity index (χ0v) is 18.2. The van der Waals surface area contributed by atoms with Crippen molar-refractivity contribution in [3.8, 4) is 5.69 Å². The fourth-order valence-electron chi connectivity index (χ4n) is 4.18. The van der Waals surface area contributed by atoms with Crippen LogP contribution >= 0.6 is 0 Å². The molecule has 1 aliphatic heterocycles. The second-order valence-electron chi connectivity index (χ2n) is 8.14. The summed E-state index contributed by atoms with van der Waals surface area (Å²) in [6.07, 6.45) is 1.51. The predicted octanol–water partition coefficient (Wildman–Crippen LogP) is 3.45. The highest BCUT2D eigenvalue weighted by molar-refractivity contribution is 5.99. The Balaban J connectivity index is 1.30. The van der Waals surface area contributed by atoms with Gasteiger partial charge in [-0.15, -0.1) is 5.10 Å². The molecule has 0 bridgehead atoms. The van der Waals surface area contributed by atoms with Crippen LogP contribution in [0.1, 0.15) is 33.7 Å². The number of furan rings is 1. The Morgan fingerprint density at radius 1 is 1.09 bits per heavy atom. The molecule has 0 aliphatic carbocycles. The van der Waals surface area contributed by atoms with E-state index in [0.29, 0.717) is 36.2 Å². The highest BCUT2D eigenvalue weighted by Crippen LogP contribution is 2.27. The Bertz CT molecular complexity index is 1350. The molecule has 0 N–H and O–H groups in total. The lowest BCUT2D eigenvalue weighted by Gasteiger charge is -2.39. The SMILES string of the molecule is Cc1c(C(=O)N2CCN(C(=O)c3ncn(-c4ccccc4)n3)C(C)C2)oc2ccc(F)cc12. The van der Waals surface area contributed by atoms with E-state index in [-0.39, 0.29) is 35.3 Å². The molecule has 0 radical (unpaired) electrons. The molecule has 33 heavy (non-hydrogen) atoms. The van der Waals surface area contributed by atoms with Crippen molar-refractivity contribution in [2.24, 2.45) is 0 Å². The van der Waals surface area contributed by atoms with Gasteiger partial charge in [-0.25, -0.2) is 14.1 Å². The maximum atomic E-state index is 13.6. The Hall–Kier alpha value is -4.01. The van der Waals surface area contributed by atoms with Gasteiger partial charge in [0.05, 0.1) is 5.69 Å². The molecule has 8 nitrogen and oxygen atoms in total. The fourth-order valence-corrected chi connectivity index (χ4v) is 4.18. The first-order valence-electron chi connectivity index (χ1n) is 10.7. The second kappa shape index (κ2) is 8.16. The summed E-state index contributed by atoms with van der Waals surface area (Å²) in [6, 6.07) is 13.4. The van der Waals surface area contributed by atoms with Crippen LogP contribution in [-0.2, 0) is 0 Å². The van der Waals surface area contributed by atoms with Crippen LogP contribution < -0.4 is 0 Å². The number of amides is 2. The number of aromatic nitrogens is 3. The van der Waals surface area contributed by atoms with Gasteiger partial charge in [0, 0.05) is 36.6 Å². The monoisotopic (exact) mass is 447 g/mol. The van der Waals surface area contributed by atoms with Crippen molar-refractivity contribution in [2.75, 3.05) is 19.6 Å². The predicted molar refractivity (Wildman–Crippen MR) is 119 cm³/mol. The summed E-state index contributed by atoms with van der Waals surface area (Å²) in [7, 11) is 0. The lowest BCUT2D eigenvalue weighted by molar-refractivity contribution is 0.0393. The topological polar surface area (TPSA) is 84.5 Å². The van der Waals surface area contributed by atoms with Gasteiger partial charge < -0.3 is 14.2 Å². The molecule has 2 aromatic carbocycles. The molecule has 1 fully saturated rings. The standard InChI is InChI=1S/C24H22FN5O3/c1-15-13-28(23(31)21-16(2)19-12-17(25)8-9-20(19)33-21)10-11-29(15)24(32)22-26-14-30(27-22)18-6-4-3-5-7-18/h3-9,12,14-15H,10-11,13H2,1-2H3. The number of fused-ring (bicyclic) bond motifs is 1. The van der Waals surface area contributed by atoms with Gasteiger partial charge in [0.25, 0.3) is 11.8 Å². The highest BCUT2D eigenvalue weighted by Gasteiger charge is 2.34. The average Bonchev–Trinajstić information content (AvgIpc) is 3.44. The summed E-state index contributed by atoms with van der Waals surface area (Å²) in [5.41, 5.74) is 1.89. The number of rotatable bonds is 3. The Labute approximate surface area is 189 Å². The third-order valence-electron chi connectivity index (χ3n) is 5.97. The first-order chi connectivity index (χ1) is 15.9. The number of carbonyl (C=O) groups excluding carboxylic acids is 2. The van der Waals surface area contributed by atoms with Gasteiger partial charge in [-0.1, -0.05) is 18.2 Å². The minimum absolute atomic E-state index is 0.112. The summed E-state index contributed by atoms with van der Waals surface area (Å²) >= 11 is 0. The number of nitrogens with zero attached hydrogens (tertiary/aromatic N) is 5. The number of para-hydroxylation sites is 1. The summed E-state index contributed by atoms with van der Waals surface area (Å²) in [6.45, 7) is 4.66. The third-order valence-corrected chi connectivity index (χ3v) is 5.97. The molecule has 1 aliphatic rings. The van der Waals surface area contributed by atoms with Crippen molar-refractivity contribution in [2.45, 2.75) is 19.9 Å². The van der Waals surface area contributed by atoms with Crippen LogP contribution in [0.15, 0.2) is 59.3 Å². The van der Waals surface area contributed by atoms with Crippen LogP contribution in [0.25, 0.3) is 16.7 Å². The lowest BCUT2D eigenvalue weighted by Crippen LogP contribution is -2.55. The van der Waals surface area contributed by atoms with E-state index >= 15 is 0 Å². The van der Waals surface area contributed by atoms with E-state index in [0.717, 1.165) is 5.69 Å². The van der Waals surface area contributed by atoms with Crippen molar-refractivity contribution in [1.82, 2.24) is 24.6 Å². The van der Waals surface area contributed by atoms with Gasteiger partial charge in [0.15, 0.2) is 5.76 Å². The molecule has 1 unspecified atom stereocenters. The lowest BCUT2D eigenvalue weighted by atomic mass is 10.1. The van der Waals surface area contributed by atoms with Crippen molar-refractivity contribution in [3.63, 3.8) is 0 Å². The molecule has 0 saturated carbocycles. The summed E-state index contributed by atoms with van der Waals surface area (Å²) in [5, 5.41) is 4.91. The third kappa shape index (κ3) is 3.75. The largest absolute Gasteiger partial charge is 0.451 e. The number of halogens is 1. The quantitative estimate of drug-likeness (QED) is 0.480. The minimum Gasteiger partial charge on any atom is -0.451 e. The Morgan fingerprint density at radius 3 is 2.64 bits per heavy atom. The van der Waals surface area contributed by atoms with E-state index in [1.807, 2.05) is 37.3 Å². The summed E-state index contributed by atoms with van der Waals surface area (Å²) in [5.74, 6) is -0.616. The molecule has 0 spiro atoms. The van der Waals surface area contributed by atoms with Crippen LogP contribution in [-0.4, -0.2) is 62.1 Å². The zero-order chi connectivity index (χ0) is 23.1. The number of hydrogen-bond acceptors (Lipinski definition) is 5. The molecule has 168 valence electrons. The molecular formula is C24H22FN5O3. The molecule has 9 heteroatoms. The molecule has 1 saturated heterocycles. The van der Waals surface area contributed by atoms with Crippen molar-refractivity contribution < 1.29 is 18.4 Å². The smallest absolute Gasteiger partial charge is 0.293 e. The number of piperazine rings is 1. The van der Waals surface area contributed by atoms with Crippen LogP contribution in [0.5, 0.6) is 0 Å². The fraction of sp³-hybridized carbons (Fsp3) is 0.250. The molecular weight excluding hydrogens is 425 g/mol. The maximum absolute atomic E-state index is 13.6. The number of benzene rings is 2. The maximum Gasteiger partial charge on any atom is 0.293 e. The van der Waals surface area contributed by atoms with Gasteiger partial charge in [0.1, 0.15) is 17.7 Å². The molecule has 1 atom stereocenters.